The summed E-state index contributed by atoms with van der Waals surface area (Å²) in [6.07, 6.45) is 6.31. The van der Waals surface area contributed by atoms with Crippen LogP contribution in [0.5, 0.6) is 5.75 Å². The van der Waals surface area contributed by atoms with Gasteiger partial charge in [0.25, 0.3) is 0 Å². The molecule has 1 fully saturated rings. The number of anilines is 2. The zero-order chi connectivity index (χ0) is 19.5. The molecule has 10 heteroatoms. The van der Waals surface area contributed by atoms with E-state index in [4.69, 9.17) is 9.47 Å². The van der Waals surface area contributed by atoms with Crippen LogP contribution in [-0.4, -0.2) is 39.2 Å². The predicted octanol–water partition coefficient (Wildman–Crippen LogP) is 2.72. The summed E-state index contributed by atoms with van der Waals surface area (Å²) in [4.78, 5) is 23.5. The summed E-state index contributed by atoms with van der Waals surface area (Å²) in [6.45, 7) is 0.942. The lowest BCUT2D eigenvalue weighted by atomic mass is 10.1. The van der Waals surface area contributed by atoms with Gasteiger partial charge in [0, 0.05) is 42.5 Å². The van der Waals surface area contributed by atoms with Crippen LogP contribution in [0.4, 0.5) is 17.2 Å². The Balaban J connectivity index is 1.84. The fraction of sp³-hybridized carbons (Fsp3) is 0.222. The third-order valence-electron chi connectivity index (χ3n) is 4.26. The van der Waals surface area contributed by atoms with Crippen molar-refractivity contribution < 1.29 is 14.4 Å². The van der Waals surface area contributed by atoms with Gasteiger partial charge in [-0.1, -0.05) is 0 Å². The minimum absolute atomic E-state index is 0.121. The first-order valence-corrected chi connectivity index (χ1v) is 8.44. The number of rotatable bonds is 5. The van der Waals surface area contributed by atoms with Crippen molar-refractivity contribution in [3.8, 4) is 11.8 Å². The van der Waals surface area contributed by atoms with E-state index in [1.165, 1.54) is 36.9 Å². The van der Waals surface area contributed by atoms with E-state index in [-0.39, 0.29) is 23.1 Å². The van der Waals surface area contributed by atoms with Crippen LogP contribution < -0.4 is 10.1 Å². The Labute approximate surface area is 158 Å². The molecule has 1 atom stereocenters. The molecule has 3 heterocycles. The average molecular weight is 378 g/mol. The lowest BCUT2D eigenvalue weighted by Crippen LogP contribution is -2.16. The number of nitrogens with zero attached hydrogens (tertiary/aromatic N) is 5. The lowest BCUT2D eigenvalue weighted by molar-refractivity contribution is -0.385. The molecule has 1 aliphatic heterocycles. The van der Waals surface area contributed by atoms with Gasteiger partial charge in [-0.25, -0.2) is 4.98 Å². The Morgan fingerprint density at radius 1 is 1.32 bits per heavy atom. The molecule has 2 aromatic heterocycles. The van der Waals surface area contributed by atoms with E-state index in [9.17, 15) is 15.4 Å². The highest BCUT2D eigenvalue weighted by atomic mass is 16.6. The average Bonchev–Trinajstić information content (AvgIpc) is 3.21. The standard InChI is InChI=1S/C18H14N6O4/c19-7-11-8-22-14-6-16(28-12-1-4-27-10-12)15(24(25)26)5-13(14)18(11)23-17-9-20-2-3-21-17/h2-3,5-6,8-9,12H,1,4,10H2,(H,21,22,23). The molecular formula is C18H14N6O4. The topological polar surface area (TPSA) is 136 Å². The van der Waals surface area contributed by atoms with Crippen LogP contribution in [0, 0.1) is 21.4 Å². The molecule has 1 unspecified atom stereocenters. The second kappa shape index (κ2) is 7.42. The van der Waals surface area contributed by atoms with Gasteiger partial charge < -0.3 is 14.8 Å². The van der Waals surface area contributed by atoms with Crippen molar-refractivity contribution in [1.29, 1.82) is 5.26 Å². The molecule has 4 rings (SSSR count). The van der Waals surface area contributed by atoms with Gasteiger partial charge in [0.2, 0.25) is 0 Å². The number of nitro groups is 1. The van der Waals surface area contributed by atoms with Gasteiger partial charge in [-0.05, 0) is 0 Å². The molecule has 28 heavy (non-hydrogen) atoms. The maximum absolute atomic E-state index is 11.6. The Morgan fingerprint density at radius 2 is 2.21 bits per heavy atom. The van der Waals surface area contributed by atoms with Crippen LogP contribution >= 0.6 is 0 Å². The molecule has 0 amide bonds. The van der Waals surface area contributed by atoms with Crippen LogP contribution in [0.25, 0.3) is 10.9 Å². The Hall–Kier alpha value is -3.84. The van der Waals surface area contributed by atoms with E-state index < -0.39 is 4.92 Å². The monoisotopic (exact) mass is 378 g/mol. The van der Waals surface area contributed by atoms with Crippen LogP contribution in [0.15, 0.2) is 36.9 Å². The van der Waals surface area contributed by atoms with Gasteiger partial charge in [-0.15, -0.1) is 0 Å². The van der Waals surface area contributed by atoms with Gasteiger partial charge >= 0.3 is 5.69 Å². The highest BCUT2D eigenvalue weighted by molar-refractivity contribution is 5.97. The highest BCUT2D eigenvalue weighted by Crippen LogP contribution is 2.37. The molecule has 0 aliphatic carbocycles. The maximum Gasteiger partial charge on any atom is 0.311 e. The number of aromatic nitrogens is 3. The van der Waals surface area contributed by atoms with Crippen LogP contribution in [0.1, 0.15) is 12.0 Å². The summed E-state index contributed by atoms with van der Waals surface area (Å²) >= 11 is 0. The summed E-state index contributed by atoms with van der Waals surface area (Å²) in [7, 11) is 0. The molecule has 1 aliphatic rings. The minimum atomic E-state index is -0.518. The summed E-state index contributed by atoms with van der Waals surface area (Å²) in [5.41, 5.74) is 0.834. The second-order valence-corrected chi connectivity index (χ2v) is 6.07. The number of hydrogen-bond donors (Lipinski definition) is 1. The van der Waals surface area contributed by atoms with E-state index in [1.807, 2.05) is 6.07 Å². The van der Waals surface area contributed by atoms with Gasteiger partial charge in [0.05, 0.1) is 41.1 Å². The second-order valence-electron chi connectivity index (χ2n) is 6.07. The molecule has 0 radical (unpaired) electrons. The Morgan fingerprint density at radius 3 is 2.89 bits per heavy atom. The fourth-order valence-corrected chi connectivity index (χ4v) is 2.94. The lowest BCUT2D eigenvalue weighted by Gasteiger charge is -2.14. The number of benzene rings is 1. The normalized spacial score (nSPS) is 15.9. The first-order valence-electron chi connectivity index (χ1n) is 8.44. The predicted molar refractivity (Wildman–Crippen MR) is 98.3 cm³/mol. The first kappa shape index (κ1) is 17.6. The first-order chi connectivity index (χ1) is 13.7. The van der Waals surface area contributed by atoms with Crippen molar-refractivity contribution in [2.45, 2.75) is 12.5 Å². The van der Waals surface area contributed by atoms with Crippen LogP contribution in [-0.2, 0) is 4.74 Å². The molecule has 10 nitrogen and oxygen atoms in total. The van der Waals surface area contributed by atoms with Gasteiger partial charge in [0.15, 0.2) is 5.75 Å². The van der Waals surface area contributed by atoms with Crippen molar-refractivity contribution in [1.82, 2.24) is 15.0 Å². The Bertz CT molecular complexity index is 1080. The fourth-order valence-electron chi connectivity index (χ4n) is 2.94. The summed E-state index contributed by atoms with van der Waals surface area (Å²) in [6, 6.07) is 4.90. The number of hydrogen-bond acceptors (Lipinski definition) is 9. The largest absolute Gasteiger partial charge is 0.481 e. The van der Waals surface area contributed by atoms with Gasteiger partial charge in [0.1, 0.15) is 18.0 Å². The summed E-state index contributed by atoms with van der Waals surface area (Å²) in [5, 5.41) is 24.5. The SMILES string of the molecule is N#Cc1cnc2cc(OC3CCOC3)c([N+](=O)[O-])cc2c1Nc1cnccn1. The highest BCUT2D eigenvalue weighted by Gasteiger charge is 2.25. The number of ether oxygens (including phenoxy) is 2. The van der Waals surface area contributed by atoms with Gasteiger partial charge in [-0.3, -0.25) is 20.1 Å². The van der Waals surface area contributed by atoms with Crippen LogP contribution in [0.2, 0.25) is 0 Å². The van der Waals surface area contributed by atoms with Crippen molar-refractivity contribution in [3.63, 3.8) is 0 Å². The molecular weight excluding hydrogens is 364 g/mol. The maximum atomic E-state index is 11.6. The smallest absolute Gasteiger partial charge is 0.311 e. The third kappa shape index (κ3) is 3.38. The number of pyridine rings is 1. The van der Waals surface area contributed by atoms with Crippen molar-refractivity contribution in [2.24, 2.45) is 0 Å². The number of nitriles is 1. The van der Waals surface area contributed by atoms with Crippen molar-refractivity contribution in [2.75, 3.05) is 18.5 Å². The minimum Gasteiger partial charge on any atom is -0.481 e. The molecule has 0 spiro atoms. The molecule has 3 aromatic rings. The number of fused-ring (bicyclic) bond motifs is 1. The number of nitro benzene ring substituents is 1. The molecule has 1 aromatic carbocycles. The molecule has 140 valence electrons. The molecule has 1 N–H and O–H groups in total. The van der Waals surface area contributed by atoms with Crippen molar-refractivity contribution >= 4 is 28.1 Å². The molecule has 0 saturated carbocycles. The molecule has 0 bridgehead atoms. The van der Waals surface area contributed by atoms with Crippen LogP contribution in [0.3, 0.4) is 0 Å². The third-order valence-corrected chi connectivity index (χ3v) is 4.26. The zero-order valence-corrected chi connectivity index (χ0v) is 14.5. The molecule has 1 saturated heterocycles. The van der Waals surface area contributed by atoms with E-state index >= 15 is 0 Å². The quantitative estimate of drug-likeness (QED) is 0.525. The van der Waals surface area contributed by atoms with E-state index in [0.717, 1.165) is 0 Å². The van der Waals surface area contributed by atoms with Crippen molar-refractivity contribution in [3.05, 3.63) is 52.6 Å². The van der Waals surface area contributed by atoms with E-state index in [1.54, 1.807) is 0 Å². The van der Waals surface area contributed by atoms with Gasteiger partial charge in [-0.2, -0.15) is 5.26 Å². The number of nitrogens with one attached hydrogen (secondary N) is 1. The Kier molecular flexibility index (Phi) is 4.65. The summed E-state index contributed by atoms with van der Waals surface area (Å²) < 4.78 is 11.0. The van der Waals surface area contributed by atoms with E-state index in [0.29, 0.717) is 42.0 Å². The summed E-state index contributed by atoms with van der Waals surface area (Å²) in [5.74, 6) is 0.522. The zero-order valence-electron chi connectivity index (χ0n) is 14.5. The van der Waals surface area contributed by atoms with E-state index in [2.05, 4.69) is 20.3 Å².